The first kappa shape index (κ1) is 37.8. The average molecular weight is 693 g/mol. The van der Waals surface area contributed by atoms with Gasteiger partial charge in [-0.25, -0.2) is 9.98 Å². The summed E-state index contributed by atoms with van der Waals surface area (Å²) in [5.74, 6) is 1.70. The Labute approximate surface area is 274 Å². The molecule has 2 aliphatic rings. The van der Waals surface area contributed by atoms with Crippen LogP contribution >= 0.6 is 15.9 Å². The lowest BCUT2D eigenvalue weighted by Gasteiger charge is -2.28. The molecule has 2 aliphatic carbocycles. The SMILES string of the molecule is C#C.C=NC=N/C(=C(COC)/C(N)=N/C(=C(C)C)N(Cc1ccc(C(=NCC(F)(F)F)N(C)C2CC2)cc1)CC(C)Br)C1CC1. The number of alkyl halides is 4. The highest BCUT2D eigenvalue weighted by Gasteiger charge is 2.32. The van der Waals surface area contributed by atoms with Crippen molar-refractivity contribution in [2.45, 2.75) is 70.0 Å². The van der Waals surface area contributed by atoms with Crippen molar-refractivity contribution >= 4 is 40.7 Å². The van der Waals surface area contributed by atoms with Gasteiger partial charge in [-0.15, -0.1) is 12.8 Å². The summed E-state index contributed by atoms with van der Waals surface area (Å²) in [5.41, 5.74) is 10.8. The zero-order valence-electron chi connectivity index (χ0n) is 26.8. The predicted molar refractivity (Wildman–Crippen MR) is 183 cm³/mol. The molecular weight excluding hydrogens is 647 g/mol. The van der Waals surface area contributed by atoms with E-state index in [1.807, 2.05) is 50.1 Å². The number of benzene rings is 1. The summed E-state index contributed by atoms with van der Waals surface area (Å²) in [5, 5.41) is 0. The van der Waals surface area contributed by atoms with Crippen molar-refractivity contribution in [2.24, 2.45) is 31.6 Å². The van der Waals surface area contributed by atoms with Crippen molar-refractivity contribution < 1.29 is 17.9 Å². The number of rotatable bonds is 15. The van der Waals surface area contributed by atoms with Crippen molar-refractivity contribution in [3.8, 4) is 12.8 Å². The van der Waals surface area contributed by atoms with Crippen LogP contribution < -0.4 is 5.73 Å². The number of hydrogen-bond acceptors (Lipinski definition) is 5. The highest BCUT2D eigenvalue weighted by molar-refractivity contribution is 9.09. The summed E-state index contributed by atoms with van der Waals surface area (Å²) < 4.78 is 44.5. The summed E-state index contributed by atoms with van der Waals surface area (Å²) in [7, 11) is 3.42. The van der Waals surface area contributed by atoms with Gasteiger partial charge in [0.05, 0.1) is 12.3 Å². The van der Waals surface area contributed by atoms with Gasteiger partial charge < -0.3 is 20.3 Å². The van der Waals surface area contributed by atoms with E-state index < -0.39 is 12.7 Å². The number of nitrogens with two attached hydrogens (primary N) is 1. The van der Waals surface area contributed by atoms with E-state index in [9.17, 15) is 13.2 Å². The van der Waals surface area contributed by atoms with Gasteiger partial charge in [0.15, 0.2) is 0 Å². The Hall–Kier alpha value is -3.43. The smallest absolute Gasteiger partial charge is 0.383 e. The third kappa shape index (κ3) is 12.5. The minimum absolute atomic E-state index is 0.144. The van der Waals surface area contributed by atoms with Gasteiger partial charge in [-0.05, 0) is 57.4 Å². The number of ether oxygens (including phenoxy) is 1. The van der Waals surface area contributed by atoms with Crippen LogP contribution in [0.25, 0.3) is 0 Å². The fourth-order valence-electron chi connectivity index (χ4n) is 4.71. The van der Waals surface area contributed by atoms with E-state index in [0.29, 0.717) is 30.3 Å². The summed E-state index contributed by atoms with van der Waals surface area (Å²) in [6.45, 7) is 9.72. The van der Waals surface area contributed by atoms with Gasteiger partial charge in [-0.2, -0.15) is 13.2 Å². The Morgan fingerprint density at radius 2 is 1.80 bits per heavy atom. The number of halogens is 4. The molecule has 0 heterocycles. The molecule has 8 nitrogen and oxygen atoms in total. The first-order chi connectivity index (χ1) is 21.3. The second kappa shape index (κ2) is 17.9. The number of aliphatic imine (C=N–C) groups is 4. The average Bonchev–Trinajstić information content (AvgIpc) is 3.90. The minimum atomic E-state index is -4.36. The van der Waals surface area contributed by atoms with Crippen LogP contribution in [0, 0.1) is 18.8 Å². The van der Waals surface area contributed by atoms with Gasteiger partial charge in [0, 0.05) is 55.2 Å². The molecule has 0 radical (unpaired) electrons. The molecule has 2 saturated carbocycles. The van der Waals surface area contributed by atoms with Crippen molar-refractivity contribution in [3.63, 3.8) is 0 Å². The normalized spacial score (nSPS) is 16.8. The Balaban J connectivity index is 0.00000345. The number of terminal acetylenes is 1. The first-order valence-electron chi connectivity index (χ1n) is 14.7. The van der Waals surface area contributed by atoms with Crippen LogP contribution in [-0.2, 0) is 11.3 Å². The standard InChI is InChI=1S/C31H43BrF3N7O.C2H2/c1-20(2)29(40-28(36)26(17-43-6)27(23-11-12-23)39-19-37-4)42(15-21(3)32)16-22-7-9-24(10-8-22)30(38-18-31(33,34)35)41(5)25-13-14-25;1-2/h7-10,19,21,23,25H,4,11-18H2,1-3,5-6H3,(H2,36,40);1-2H/b27-26+,38-30?,39-19?;. The molecule has 0 aromatic heterocycles. The molecule has 0 saturated heterocycles. The molecule has 2 fully saturated rings. The lowest BCUT2D eigenvalue weighted by molar-refractivity contribution is -0.118. The maximum absolute atomic E-state index is 13.0. The number of allylic oxidation sites excluding steroid dienone is 2. The molecule has 12 heteroatoms. The Morgan fingerprint density at radius 1 is 1.18 bits per heavy atom. The Morgan fingerprint density at radius 3 is 2.27 bits per heavy atom. The van der Waals surface area contributed by atoms with Gasteiger partial charge >= 0.3 is 6.18 Å². The van der Waals surface area contributed by atoms with Crippen LogP contribution in [0.2, 0.25) is 0 Å². The van der Waals surface area contributed by atoms with Crippen LogP contribution in [0.15, 0.2) is 66.9 Å². The van der Waals surface area contributed by atoms with Crippen molar-refractivity contribution in [2.75, 3.05) is 33.9 Å². The topological polar surface area (TPSA) is 91.2 Å². The minimum Gasteiger partial charge on any atom is -0.383 e. The molecule has 0 spiro atoms. The quantitative estimate of drug-likeness (QED) is 0.0975. The molecule has 1 aromatic rings. The number of methoxy groups -OCH3 is 1. The van der Waals surface area contributed by atoms with Crippen LogP contribution in [-0.4, -0.2) is 85.4 Å². The summed E-state index contributed by atoms with van der Waals surface area (Å²) in [6.07, 6.45) is 9.00. The van der Waals surface area contributed by atoms with Gasteiger partial charge in [-0.1, -0.05) is 47.1 Å². The molecule has 2 N–H and O–H groups in total. The van der Waals surface area contributed by atoms with E-state index in [-0.39, 0.29) is 23.4 Å². The van der Waals surface area contributed by atoms with E-state index in [4.69, 9.17) is 15.5 Å². The zero-order valence-corrected chi connectivity index (χ0v) is 28.4. The molecule has 3 rings (SSSR count). The third-order valence-corrected chi connectivity index (χ3v) is 7.31. The fraction of sp³-hybridized carbons (Fsp3) is 0.515. The van der Waals surface area contributed by atoms with Crippen molar-refractivity contribution in [1.82, 2.24) is 9.80 Å². The number of amidine groups is 2. The molecule has 0 aliphatic heterocycles. The fourth-order valence-corrected chi connectivity index (χ4v) is 5.06. The summed E-state index contributed by atoms with van der Waals surface area (Å²) >= 11 is 3.68. The maximum Gasteiger partial charge on any atom is 0.408 e. The van der Waals surface area contributed by atoms with E-state index in [1.54, 1.807) is 7.11 Å². The highest BCUT2D eigenvalue weighted by atomic mass is 79.9. The molecule has 0 amide bonds. The van der Waals surface area contributed by atoms with Gasteiger partial charge in [0.2, 0.25) is 0 Å². The molecule has 45 heavy (non-hydrogen) atoms. The van der Waals surface area contributed by atoms with E-state index in [0.717, 1.165) is 53.9 Å². The van der Waals surface area contributed by atoms with Gasteiger partial charge in [0.1, 0.15) is 30.4 Å². The molecule has 1 atom stereocenters. The first-order valence-corrected chi connectivity index (χ1v) is 15.6. The monoisotopic (exact) mass is 691 g/mol. The molecule has 1 unspecified atom stereocenters. The van der Waals surface area contributed by atoms with Crippen LogP contribution in [0.1, 0.15) is 57.6 Å². The highest BCUT2D eigenvalue weighted by Crippen LogP contribution is 2.39. The maximum atomic E-state index is 13.0. The van der Waals surface area contributed by atoms with E-state index in [2.05, 4.69) is 62.3 Å². The zero-order chi connectivity index (χ0) is 33.7. The Bertz CT molecular complexity index is 1300. The van der Waals surface area contributed by atoms with Crippen molar-refractivity contribution in [1.29, 1.82) is 0 Å². The predicted octanol–water partition coefficient (Wildman–Crippen LogP) is 6.57. The number of nitrogens with zero attached hydrogens (tertiary/aromatic N) is 6. The second-order valence-corrected chi connectivity index (χ2v) is 12.8. The molecule has 246 valence electrons. The van der Waals surface area contributed by atoms with E-state index >= 15 is 0 Å². The van der Waals surface area contributed by atoms with E-state index in [1.165, 1.54) is 6.34 Å². The Kier molecular flexibility index (Phi) is 15.0. The van der Waals surface area contributed by atoms with Crippen LogP contribution in [0.4, 0.5) is 13.2 Å². The third-order valence-electron chi connectivity index (χ3n) is 7.02. The molecular formula is C33H45BrF3N7O. The summed E-state index contributed by atoms with van der Waals surface area (Å²) in [4.78, 5) is 21.3. The van der Waals surface area contributed by atoms with Crippen molar-refractivity contribution in [3.05, 3.63) is 58.1 Å². The molecule has 1 aromatic carbocycles. The van der Waals surface area contributed by atoms with Crippen LogP contribution in [0.3, 0.4) is 0 Å². The lowest BCUT2D eigenvalue weighted by Crippen LogP contribution is -2.31. The molecule has 0 bridgehead atoms. The number of hydrogen-bond donors (Lipinski definition) is 1. The largest absolute Gasteiger partial charge is 0.408 e. The lowest BCUT2D eigenvalue weighted by atomic mass is 10.1. The second-order valence-electron chi connectivity index (χ2n) is 11.3. The van der Waals surface area contributed by atoms with Gasteiger partial charge in [-0.3, -0.25) is 9.98 Å². The van der Waals surface area contributed by atoms with Crippen LogP contribution in [0.5, 0.6) is 0 Å². The van der Waals surface area contributed by atoms with Gasteiger partial charge in [0.25, 0.3) is 0 Å². The summed E-state index contributed by atoms with van der Waals surface area (Å²) in [6, 6.07) is 7.76.